The number of rotatable bonds is 5. The van der Waals surface area contributed by atoms with Crippen molar-refractivity contribution >= 4 is 20.9 Å². The number of nitrogens with zero attached hydrogens (tertiary/aromatic N) is 3. The molecular formula is C16H28N4O3Si. The molecule has 1 amide bonds. The molecule has 1 aromatic heterocycles. The number of nitrogens with one attached hydrogen (secondary N) is 1. The summed E-state index contributed by atoms with van der Waals surface area (Å²) in [6.07, 6.45) is 2.99. The molecule has 0 unspecified atom stereocenters. The molecule has 1 N–H and O–H groups in total. The second-order valence-electron chi connectivity index (χ2n) is 8.01. The van der Waals surface area contributed by atoms with Crippen molar-refractivity contribution in [1.29, 1.82) is 0 Å². The summed E-state index contributed by atoms with van der Waals surface area (Å²) < 4.78 is 7.58. The lowest BCUT2D eigenvalue weighted by Crippen LogP contribution is -2.72. The zero-order valence-electron chi connectivity index (χ0n) is 15.5. The first-order chi connectivity index (χ1) is 11.0. The molecule has 0 saturated carbocycles. The number of hydrogen-bond acceptors (Lipinski definition) is 5. The van der Waals surface area contributed by atoms with Crippen molar-refractivity contribution in [1.82, 2.24) is 20.3 Å². The van der Waals surface area contributed by atoms with Crippen molar-refractivity contribution in [2.45, 2.75) is 59.4 Å². The van der Waals surface area contributed by atoms with Crippen LogP contribution < -0.4 is 5.32 Å². The summed E-state index contributed by atoms with van der Waals surface area (Å²) in [5.74, 6) is -1.01. The predicted molar refractivity (Wildman–Crippen MR) is 93.1 cm³/mol. The maximum absolute atomic E-state index is 12.6. The zero-order chi connectivity index (χ0) is 18.3. The molecule has 8 heteroatoms. The smallest absolute Gasteiger partial charge is 0.253 e. The van der Waals surface area contributed by atoms with Gasteiger partial charge < -0.3 is 9.74 Å². The monoisotopic (exact) mass is 352 g/mol. The van der Waals surface area contributed by atoms with E-state index in [1.807, 2.05) is 13.8 Å². The molecule has 24 heavy (non-hydrogen) atoms. The van der Waals surface area contributed by atoms with Crippen LogP contribution in [0.2, 0.25) is 13.1 Å². The number of hydrogen-bond donors (Lipinski definition) is 1. The average molecular weight is 353 g/mol. The summed E-state index contributed by atoms with van der Waals surface area (Å²) in [5, 5.41) is 10.3. The summed E-state index contributed by atoms with van der Waals surface area (Å²) in [4.78, 5) is 25.0. The van der Waals surface area contributed by atoms with Crippen molar-refractivity contribution in [3.05, 3.63) is 12.4 Å². The van der Waals surface area contributed by atoms with Crippen LogP contribution in [0.4, 0.5) is 0 Å². The molecule has 1 aliphatic heterocycles. The topological polar surface area (TPSA) is 86.1 Å². The predicted octanol–water partition coefficient (Wildman–Crippen LogP) is 1.47. The molecule has 2 heterocycles. The highest BCUT2D eigenvalue weighted by Gasteiger charge is 2.59. The second-order valence-corrected chi connectivity index (χ2v) is 10.3. The van der Waals surface area contributed by atoms with Crippen molar-refractivity contribution in [2.24, 2.45) is 17.3 Å². The number of carbonyl (C=O) groups excluding carboxylic acids is 2. The van der Waals surface area contributed by atoms with Crippen LogP contribution in [-0.4, -0.2) is 47.5 Å². The first kappa shape index (κ1) is 18.8. The van der Waals surface area contributed by atoms with E-state index in [2.05, 4.69) is 49.5 Å². The number of aromatic nitrogens is 3. The number of amides is 1. The van der Waals surface area contributed by atoms with E-state index in [9.17, 15) is 9.59 Å². The molecular weight excluding hydrogens is 324 g/mol. The highest BCUT2D eigenvalue weighted by Crippen LogP contribution is 2.46. The zero-order valence-corrected chi connectivity index (χ0v) is 16.7. The third kappa shape index (κ3) is 3.17. The van der Waals surface area contributed by atoms with Crippen molar-refractivity contribution in [2.75, 3.05) is 0 Å². The third-order valence-corrected chi connectivity index (χ3v) is 6.05. The Morgan fingerprint density at radius 2 is 2.00 bits per heavy atom. The standard InChI is InChI=1S/C16H28N4O3Si/c1-10(14(22)20-9-8-17-19-20)12-11(13(21)18-12)16(5,15(2,3)4)23-24(6)7/h8-12,24H,1-7H3,(H,18,21)/t10-,11-,12+,16-/m1/s1. The fourth-order valence-corrected chi connectivity index (χ4v) is 4.78. The van der Waals surface area contributed by atoms with Gasteiger partial charge in [-0.15, -0.1) is 5.10 Å². The molecule has 0 spiro atoms. The Hall–Kier alpha value is -1.54. The first-order valence-electron chi connectivity index (χ1n) is 8.37. The SMILES string of the molecule is C[C@@H](C(=O)n1ccnn1)[C@@H]1NC(=O)[C@@H]1[C@@](C)(O[SiH](C)C)C(C)(C)C. The van der Waals surface area contributed by atoms with Gasteiger partial charge in [0.1, 0.15) is 0 Å². The molecule has 7 nitrogen and oxygen atoms in total. The fraction of sp³-hybridized carbons (Fsp3) is 0.750. The summed E-state index contributed by atoms with van der Waals surface area (Å²) in [6, 6.07) is -0.272. The lowest BCUT2D eigenvalue weighted by Gasteiger charge is -2.55. The lowest BCUT2D eigenvalue weighted by molar-refractivity contribution is -0.161. The quantitative estimate of drug-likeness (QED) is 0.641. The minimum atomic E-state index is -1.38. The molecule has 2 rings (SSSR count). The minimum absolute atomic E-state index is 0.0506. The maximum Gasteiger partial charge on any atom is 0.253 e. The number of carbonyl (C=O) groups is 2. The van der Waals surface area contributed by atoms with Crippen LogP contribution in [-0.2, 0) is 9.22 Å². The Morgan fingerprint density at radius 1 is 1.38 bits per heavy atom. The van der Waals surface area contributed by atoms with E-state index in [-0.39, 0.29) is 29.2 Å². The molecule has 1 fully saturated rings. The maximum atomic E-state index is 12.6. The van der Waals surface area contributed by atoms with Gasteiger partial charge in [0.2, 0.25) is 5.91 Å². The molecule has 0 aromatic carbocycles. The van der Waals surface area contributed by atoms with Crippen molar-refractivity contribution in [3.8, 4) is 0 Å². The van der Waals surface area contributed by atoms with Gasteiger partial charge in [0.15, 0.2) is 9.04 Å². The van der Waals surface area contributed by atoms with Crippen LogP contribution in [0.3, 0.4) is 0 Å². The van der Waals surface area contributed by atoms with E-state index in [1.165, 1.54) is 17.1 Å². The van der Waals surface area contributed by atoms with Gasteiger partial charge in [-0.25, -0.2) is 0 Å². The van der Waals surface area contributed by atoms with Crippen LogP contribution in [0.1, 0.15) is 39.4 Å². The van der Waals surface area contributed by atoms with Gasteiger partial charge in [0.05, 0.1) is 35.9 Å². The lowest BCUT2D eigenvalue weighted by atomic mass is 9.62. The van der Waals surface area contributed by atoms with E-state index in [1.54, 1.807) is 0 Å². The minimum Gasteiger partial charge on any atom is -0.414 e. The van der Waals surface area contributed by atoms with Crippen LogP contribution >= 0.6 is 0 Å². The molecule has 4 atom stereocenters. The summed E-state index contributed by atoms with van der Waals surface area (Å²) >= 11 is 0. The van der Waals surface area contributed by atoms with E-state index in [0.29, 0.717) is 0 Å². The van der Waals surface area contributed by atoms with Gasteiger partial charge in [-0.05, 0) is 25.4 Å². The fourth-order valence-electron chi connectivity index (χ4n) is 3.30. The van der Waals surface area contributed by atoms with E-state index < -0.39 is 20.6 Å². The molecule has 1 aromatic rings. The molecule has 134 valence electrons. The Bertz CT molecular complexity index is 611. The van der Waals surface area contributed by atoms with Crippen LogP contribution in [0.5, 0.6) is 0 Å². The summed E-state index contributed by atoms with van der Waals surface area (Å²) in [7, 11) is -1.38. The molecule has 1 aliphatic rings. The highest BCUT2D eigenvalue weighted by atomic mass is 28.3. The first-order valence-corrected chi connectivity index (χ1v) is 11.2. The third-order valence-electron chi connectivity index (χ3n) is 5.09. The van der Waals surface area contributed by atoms with E-state index in [4.69, 9.17) is 4.43 Å². The Balaban J connectivity index is 2.29. The summed E-state index contributed by atoms with van der Waals surface area (Å²) in [6.45, 7) is 14.3. The van der Waals surface area contributed by atoms with Gasteiger partial charge >= 0.3 is 0 Å². The van der Waals surface area contributed by atoms with E-state index >= 15 is 0 Å². The Morgan fingerprint density at radius 3 is 2.42 bits per heavy atom. The second kappa shape index (κ2) is 6.40. The van der Waals surface area contributed by atoms with Crippen LogP contribution in [0.15, 0.2) is 12.4 Å². The normalized spacial score (nSPS) is 24.9. The van der Waals surface area contributed by atoms with Crippen molar-refractivity contribution in [3.63, 3.8) is 0 Å². The van der Waals surface area contributed by atoms with Crippen molar-refractivity contribution < 1.29 is 14.0 Å². The van der Waals surface area contributed by atoms with Crippen LogP contribution in [0.25, 0.3) is 0 Å². The molecule has 1 saturated heterocycles. The Kier molecular flexibility index (Phi) is 5.01. The van der Waals surface area contributed by atoms with E-state index in [0.717, 1.165) is 0 Å². The largest absolute Gasteiger partial charge is 0.414 e. The molecule has 0 bridgehead atoms. The molecule has 0 radical (unpaired) electrons. The van der Waals surface area contributed by atoms with Gasteiger partial charge in [-0.2, -0.15) is 4.68 Å². The van der Waals surface area contributed by atoms with Gasteiger partial charge in [0, 0.05) is 0 Å². The Labute approximate surface area is 144 Å². The van der Waals surface area contributed by atoms with Crippen LogP contribution in [0, 0.1) is 17.3 Å². The van der Waals surface area contributed by atoms with Gasteiger partial charge in [0.25, 0.3) is 5.91 Å². The van der Waals surface area contributed by atoms with Gasteiger partial charge in [-0.1, -0.05) is 32.9 Å². The van der Waals surface area contributed by atoms with Gasteiger partial charge in [-0.3, -0.25) is 9.59 Å². The number of β-lactam (4-membered cyclic amide) rings is 1. The highest BCUT2D eigenvalue weighted by molar-refractivity contribution is 6.48. The molecule has 0 aliphatic carbocycles. The average Bonchev–Trinajstić information content (AvgIpc) is 2.94. The summed E-state index contributed by atoms with van der Waals surface area (Å²) in [5.41, 5.74) is -0.863.